The third kappa shape index (κ3) is 4.09. The molecule has 0 aliphatic carbocycles. The van der Waals surface area contributed by atoms with Crippen molar-refractivity contribution in [3.05, 3.63) is 41.5 Å². The van der Waals surface area contributed by atoms with Gasteiger partial charge in [-0.3, -0.25) is 4.79 Å². The minimum atomic E-state index is -0.208. The normalized spacial score (nSPS) is 10.8. The Bertz CT molecular complexity index is 1050. The van der Waals surface area contributed by atoms with E-state index in [9.17, 15) is 9.90 Å². The van der Waals surface area contributed by atoms with E-state index >= 15 is 0 Å². The summed E-state index contributed by atoms with van der Waals surface area (Å²) >= 11 is 0. The van der Waals surface area contributed by atoms with E-state index in [1.807, 2.05) is 32.0 Å². The van der Waals surface area contributed by atoms with Crippen LogP contribution in [0.5, 0.6) is 17.2 Å². The van der Waals surface area contributed by atoms with Gasteiger partial charge in [0, 0.05) is 23.7 Å². The lowest BCUT2D eigenvalue weighted by Gasteiger charge is -2.14. The van der Waals surface area contributed by atoms with E-state index in [1.54, 1.807) is 12.1 Å². The van der Waals surface area contributed by atoms with E-state index in [2.05, 4.69) is 5.32 Å². The van der Waals surface area contributed by atoms with Crippen LogP contribution in [0.15, 0.2) is 30.3 Å². The molecular weight excluding hydrogens is 372 g/mol. The number of anilines is 1. The smallest absolute Gasteiger partial charge is 0.250 e. The Morgan fingerprint density at radius 1 is 1.00 bits per heavy atom. The lowest BCUT2D eigenvalue weighted by molar-refractivity contribution is -0.119. The molecule has 0 unspecified atom stereocenters. The van der Waals surface area contributed by atoms with E-state index in [-0.39, 0.29) is 18.3 Å². The first kappa shape index (κ1) is 20.4. The summed E-state index contributed by atoms with van der Waals surface area (Å²) < 4.78 is 15.4. The van der Waals surface area contributed by atoms with Gasteiger partial charge in [-0.2, -0.15) is 0 Å². The van der Waals surface area contributed by atoms with Crippen LogP contribution in [0.4, 0.5) is 5.69 Å². The van der Waals surface area contributed by atoms with Gasteiger partial charge in [0.05, 0.1) is 25.4 Å². The van der Waals surface area contributed by atoms with Crippen molar-refractivity contribution in [2.75, 3.05) is 33.3 Å². The van der Waals surface area contributed by atoms with Crippen LogP contribution in [-0.2, 0) is 9.53 Å². The molecule has 2 N–H and O–H groups in total. The van der Waals surface area contributed by atoms with Gasteiger partial charge in [-0.15, -0.1) is 0 Å². The number of carbonyl (C=O) groups is 1. The maximum atomic E-state index is 11.9. The van der Waals surface area contributed by atoms with Crippen molar-refractivity contribution in [1.82, 2.24) is 4.98 Å². The molecule has 29 heavy (non-hydrogen) atoms. The number of aromatic hydroxyl groups is 1. The highest BCUT2D eigenvalue weighted by molar-refractivity contribution is 5.96. The van der Waals surface area contributed by atoms with Crippen LogP contribution in [-0.4, -0.2) is 43.9 Å². The average molecular weight is 396 g/mol. The predicted molar refractivity (Wildman–Crippen MR) is 112 cm³/mol. The van der Waals surface area contributed by atoms with Crippen LogP contribution in [0.1, 0.15) is 11.1 Å². The van der Waals surface area contributed by atoms with Gasteiger partial charge in [0.2, 0.25) is 11.7 Å². The van der Waals surface area contributed by atoms with Crippen molar-refractivity contribution >= 4 is 22.5 Å². The highest BCUT2D eigenvalue weighted by Crippen LogP contribution is 2.40. The number of pyridine rings is 1. The zero-order valence-electron chi connectivity index (χ0n) is 17.1. The number of benzene rings is 2. The number of phenolic OH excluding ortho intramolecular Hbond substituents is 1. The van der Waals surface area contributed by atoms with Crippen molar-refractivity contribution in [3.63, 3.8) is 0 Å². The molecule has 0 bridgehead atoms. The summed E-state index contributed by atoms with van der Waals surface area (Å²) in [5.74, 6) is 0.363. The molecule has 1 aromatic heterocycles. The number of hydrogen-bond donors (Lipinski definition) is 2. The molecule has 0 fully saturated rings. The van der Waals surface area contributed by atoms with Gasteiger partial charge in [-0.1, -0.05) is 0 Å². The molecule has 0 saturated heterocycles. The maximum Gasteiger partial charge on any atom is 0.250 e. The zero-order valence-corrected chi connectivity index (χ0v) is 17.1. The molecule has 1 amide bonds. The van der Waals surface area contributed by atoms with Crippen molar-refractivity contribution in [3.8, 4) is 28.5 Å². The van der Waals surface area contributed by atoms with E-state index in [1.165, 1.54) is 21.3 Å². The van der Waals surface area contributed by atoms with Gasteiger partial charge >= 0.3 is 0 Å². The second-order valence-corrected chi connectivity index (χ2v) is 6.72. The summed E-state index contributed by atoms with van der Waals surface area (Å²) in [7, 11) is 4.45. The molecule has 0 aliphatic heterocycles. The molecule has 0 saturated carbocycles. The molecule has 3 aromatic rings. The fraction of sp³-hybridized carbons (Fsp3) is 0.273. The van der Waals surface area contributed by atoms with Crippen molar-refractivity contribution in [1.29, 1.82) is 0 Å². The fourth-order valence-electron chi connectivity index (χ4n) is 3.19. The van der Waals surface area contributed by atoms with E-state index in [0.29, 0.717) is 11.5 Å². The summed E-state index contributed by atoms with van der Waals surface area (Å²) in [6.45, 7) is 3.90. The van der Waals surface area contributed by atoms with Gasteiger partial charge in [0.15, 0.2) is 11.5 Å². The topological polar surface area (TPSA) is 89.9 Å². The van der Waals surface area contributed by atoms with Crippen LogP contribution >= 0.6 is 0 Å². The quantitative estimate of drug-likeness (QED) is 0.658. The Balaban J connectivity index is 2.10. The number of amides is 1. The molecule has 0 spiro atoms. The average Bonchev–Trinajstić information content (AvgIpc) is 2.69. The Kier molecular flexibility index (Phi) is 5.89. The number of carbonyl (C=O) groups excluding carboxylic acids is 1. The highest BCUT2D eigenvalue weighted by atomic mass is 16.5. The van der Waals surface area contributed by atoms with E-state index in [4.69, 9.17) is 19.2 Å². The molecule has 0 aliphatic rings. The first-order valence-corrected chi connectivity index (χ1v) is 9.04. The number of aryl methyl sites for hydroxylation is 2. The number of rotatable bonds is 6. The van der Waals surface area contributed by atoms with Crippen LogP contribution < -0.4 is 14.8 Å². The number of nitrogens with one attached hydrogen (secondary N) is 1. The molecule has 7 heteroatoms. The molecule has 0 radical (unpaired) electrons. The molecule has 1 heterocycles. The molecule has 3 rings (SSSR count). The molecular formula is C22H24N2O5. The predicted octanol–water partition coefficient (Wildman–Crippen LogP) is 3.83. The molecule has 152 valence electrons. The number of hydrogen-bond acceptors (Lipinski definition) is 6. The number of aromatic nitrogens is 1. The second kappa shape index (κ2) is 8.36. The number of phenols is 1. The minimum Gasteiger partial charge on any atom is -0.502 e. The third-order valence-corrected chi connectivity index (χ3v) is 4.69. The highest BCUT2D eigenvalue weighted by Gasteiger charge is 2.15. The van der Waals surface area contributed by atoms with E-state index in [0.717, 1.165) is 39.0 Å². The number of ether oxygens (including phenoxy) is 3. The third-order valence-electron chi connectivity index (χ3n) is 4.69. The largest absolute Gasteiger partial charge is 0.502 e. The number of nitrogens with zero attached hydrogens (tertiary/aromatic N) is 1. The first-order valence-electron chi connectivity index (χ1n) is 9.04. The SMILES string of the molecule is COCC(=O)Nc1cc2c(C)cc(-c3cc(OC)c(O)c(OC)c3)nc2cc1C. The van der Waals surface area contributed by atoms with Crippen molar-refractivity contribution < 1.29 is 24.1 Å². The van der Waals surface area contributed by atoms with Gasteiger partial charge < -0.3 is 24.6 Å². The first-order chi connectivity index (χ1) is 13.9. The van der Waals surface area contributed by atoms with Crippen LogP contribution in [0.3, 0.4) is 0 Å². The molecule has 0 atom stereocenters. The summed E-state index contributed by atoms with van der Waals surface area (Å²) in [6, 6.07) is 9.24. The summed E-state index contributed by atoms with van der Waals surface area (Å²) in [5.41, 5.74) is 4.90. The van der Waals surface area contributed by atoms with Gasteiger partial charge in [0.25, 0.3) is 0 Å². The monoisotopic (exact) mass is 396 g/mol. The van der Waals surface area contributed by atoms with Crippen LogP contribution in [0, 0.1) is 13.8 Å². The summed E-state index contributed by atoms with van der Waals surface area (Å²) in [5, 5.41) is 13.9. The number of fused-ring (bicyclic) bond motifs is 1. The second-order valence-electron chi connectivity index (χ2n) is 6.72. The lowest BCUT2D eigenvalue weighted by Crippen LogP contribution is -2.17. The van der Waals surface area contributed by atoms with E-state index < -0.39 is 0 Å². The summed E-state index contributed by atoms with van der Waals surface area (Å²) in [6.07, 6.45) is 0. The Labute approximate surface area is 169 Å². The summed E-state index contributed by atoms with van der Waals surface area (Å²) in [4.78, 5) is 16.7. The van der Waals surface area contributed by atoms with Crippen LogP contribution in [0.2, 0.25) is 0 Å². The van der Waals surface area contributed by atoms with Crippen molar-refractivity contribution in [2.24, 2.45) is 0 Å². The lowest BCUT2D eigenvalue weighted by atomic mass is 10.0. The molecule has 2 aromatic carbocycles. The van der Waals surface area contributed by atoms with Crippen molar-refractivity contribution in [2.45, 2.75) is 13.8 Å². The minimum absolute atomic E-state index is 0.00182. The number of methoxy groups -OCH3 is 3. The van der Waals surface area contributed by atoms with Gasteiger partial charge in [-0.25, -0.2) is 4.98 Å². The maximum absolute atomic E-state index is 11.9. The Morgan fingerprint density at radius 3 is 2.24 bits per heavy atom. The Hall–Kier alpha value is -3.32. The van der Waals surface area contributed by atoms with Gasteiger partial charge in [-0.05, 0) is 55.3 Å². The van der Waals surface area contributed by atoms with Crippen LogP contribution in [0.25, 0.3) is 22.2 Å². The zero-order chi connectivity index (χ0) is 21.1. The standard InChI is InChI=1S/C22H24N2O5/c1-12-6-17(14-8-19(28-4)22(26)20(9-14)29-5)23-18-7-13(2)16(10-15(12)18)24-21(25)11-27-3/h6-10,26H,11H2,1-5H3,(H,24,25). The Morgan fingerprint density at radius 2 is 1.66 bits per heavy atom. The fourth-order valence-corrected chi connectivity index (χ4v) is 3.19. The van der Waals surface area contributed by atoms with Gasteiger partial charge in [0.1, 0.15) is 6.61 Å². The molecule has 7 nitrogen and oxygen atoms in total.